The first-order valence-corrected chi connectivity index (χ1v) is 11.7. The van der Waals surface area contributed by atoms with Crippen molar-refractivity contribution in [2.24, 2.45) is 0 Å². The molecule has 4 rings (SSSR count). The Balaban J connectivity index is 1.25. The summed E-state index contributed by atoms with van der Waals surface area (Å²) in [5.74, 6) is 0.845. The van der Waals surface area contributed by atoms with Crippen LogP contribution in [0.5, 0.6) is 0 Å². The van der Waals surface area contributed by atoms with E-state index in [9.17, 15) is 9.59 Å². The van der Waals surface area contributed by atoms with E-state index in [1.807, 2.05) is 34.9 Å². The molecule has 2 fully saturated rings. The van der Waals surface area contributed by atoms with Crippen LogP contribution in [0, 0.1) is 0 Å². The quantitative estimate of drug-likeness (QED) is 0.744. The second-order valence-electron chi connectivity index (χ2n) is 7.83. The molecule has 2 amide bonds. The van der Waals surface area contributed by atoms with Crippen molar-refractivity contribution in [3.05, 3.63) is 70.7 Å². The lowest BCUT2D eigenvalue weighted by atomic mass is 10.0. The Morgan fingerprint density at radius 1 is 1.13 bits per heavy atom. The van der Waals surface area contributed by atoms with Gasteiger partial charge in [0, 0.05) is 36.0 Å². The molecule has 2 aliphatic heterocycles. The number of nitrogens with one attached hydrogen (secondary N) is 2. The highest BCUT2D eigenvalue weighted by Crippen LogP contribution is 2.39. The predicted molar refractivity (Wildman–Crippen MR) is 122 cm³/mol. The van der Waals surface area contributed by atoms with E-state index < -0.39 is 0 Å². The van der Waals surface area contributed by atoms with Crippen LogP contribution in [0.15, 0.2) is 54.6 Å². The van der Waals surface area contributed by atoms with Crippen molar-refractivity contribution < 1.29 is 9.59 Å². The van der Waals surface area contributed by atoms with E-state index in [4.69, 9.17) is 11.6 Å². The van der Waals surface area contributed by atoms with Crippen molar-refractivity contribution in [3.8, 4) is 0 Å². The van der Waals surface area contributed by atoms with Crippen LogP contribution >= 0.6 is 23.4 Å². The Labute approximate surface area is 186 Å². The van der Waals surface area contributed by atoms with Gasteiger partial charge in [-0.15, -0.1) is 11.8 Å². The molecular weight excluding hydrogens is 418 g/mol. The average molecular weight is 444 g/mol. The smallest absolute Gasteiger partial charge is 0.253 e. The van der Waals surface area contributed by atoms with E-state index >= 15 is 0 Å². The van der Waals surface area contributed by atoms with Gasteiger partial charge >= 0.3 is 0 Å². The molecule has 2 aliphatic rings. The van der Waals surface area contributed by atoms with Gasteiger partial charge in [0.15, 0.2) is 0 Å². The number of benzene rings is 2. The summed E-state index contributed by atoms with van der Waals surface area (Å²) in [6.45, 7) is 1.99. The number of amides is 2. The minimum absolute atomic E-state index is 0.0190. The van der Waals surface area contributed by atoms with E-state index in [0.29, 0.717) is 30.2 Å². The third-order valence-electron chi connectivity index (χ3n) is 5.77. The molecule has 5 nitrogen and oxygen atoms in total. The molecule has 0 bridgehead atoms. The molecule has 0 saturated carbocycles. The van der Waals surface area contributed by atoms with E-state index in [0.717, 1.165) is 25.0 Å². The largest absolute Gasteiger partial charge is 0.354 e. The zero-order valence-corrected chi connectivity index (χ0v) is 18.3. The van der Waals surface area contributed by atoms with Crippen LogP contribution in [0.25, 0.3) is 0 Å². The summed E-state index contributed by atoms with van der Waals surface area (Å²) in [5, 5.41) is 7.18. The molecule has 2 saturated heterocycles. The number of carbonyl (C=O) groups excluding carboxylic acids is 2. The fourth-order valence-electron chi connectivity index (χ4n) is 4.05. The van der Waals surface area contributed by atoms with Crippen LogP contribution in [0.3, 0.4) is 0 Å². The van der Waals surface area contributed by atoms with E-state index in [1.165, 1.54) is 5.56 Å². The minimum atomic E-state index is -0.180. The van der Waals surface area contributed by atoms with Crippen LogP contribution in [0.1, 0.15) is 28.8 Å². The number of thioether (sulfide) groups is 1. The molecule has 2 aromatic carbocycles. The SMILES string of the molecule is O=C(NCCc1ccccc1)C1CSC2(CCN(C(=O)c3cccc(Cl)c3)CC2)N1. The molecule has 0 aromatic heterocycles. The van der Waals surface area contributed by atoms with Crippen LogP contribution in [0.4, 0.5) is 0 Å². The fourth-order valence-corrected chi connectivity index (χ4v) is 5.65. The third-order valence-corrected chi connectivity index (χ3v) is 7.58. The lowest BCUT2D eigenvalue weighted by molar-refractivity contribution is -0.122. The number of hydrogen-bond donors (Lipinski definition) is 2. The summed E-state index contributed by atoms with van der Waals surface area (Å²) in [7, 11) is 0. The van der Waals surface area contributed by atoms with Crippen molar-refractivity contribution >= 4 is 35.2 Å². The highest BCUT2D eigenvalue weighted by atomic mass is 35.5. The van der Waals surface area contributed by atoms with Crippen molar-refractivity contribution in [3.63, 3.8) is 0 Å². The minimum Gasteiger partial charge on any atom is -0.354 e. The predicted octanol–water partition coefficient (Wildman–Crippen LogP) is 3.34. The monoisotopic (exact) mass is 443 g/mol. The number of halogens is 1. The summed E-state index contributed by atoms with van der Waals surface area (Å²) < 4.78 is 0. The Kier molecular flexibility index (Phi) is 6.66. The third kappa shape index (κ3) is 4.99. The number of hydrogen-bond acceptors (Lipinski definition) is 4. The molecule has 0 radical (unpaired) electrons. The van der Waals surface area contributed by atoms with E-state index in [2.05, 4.69) is 22.8 Å². The van der Waals surface area contributed by atoms with Crippen molar-refractivity contribution in [1.29, 1.82) is 0 Å². The lowest BCUT2D eigenvalue weighted by Crippen LogP contribution is -2.54. The van der Waals surface area contributed by atoms with Gasteiger partial charge in [-0.3, -0.25) is 14.9 Å². The highest BCUT2D eigenvalue weighted by Gasteiger charge is 2.44. The number of rotatable bonds is 5. The zero-order valence-electron chi connectivity index (χ0n) is 16.8. The first-order chi connectivity index (χ1) is 14.5. The second kappa shape index (κ2) is 9.41. The molecule has 0 aliphatic carbocycles. The van der Waals surface area contributed by atoms with Gasteiger partial charge in [-0.2, -0.15) is 0 Å². The van der Waals surface area contributed by atoms with Crippen molar-refractivity contribution in [2.75, 3.05) is 25.4 Å². The molecule has 2 N–H and O–H groups in total. The molecule has 7 heteroatoms. The summed E-state index contributed by atoms with van der Waals surface area (Å²) in [5.41, 5.74) is 1.85. The summed E-state index contributed by atoms with van der Waals surface area (Å²) in [6, 6.07) is 17.1. The highest BCUT2D eigenvalue weighted by molar-refractivity contribution is 8.01. The molecule has 2 heterocycles. The van der Waals surface area contributed by atoms with Crippen molar-refractivity contribution in [1.82, 2.24) is 15.5 Å². The van der Waals surface area contributed by atoms with Crippen molar-refractivity contribution in [2.45, 2.75) is 30.2 Å². The van der Waals surface area contributed by atoms with Gasteiger partial charge < -0.3 is 10.2 Å². The van der Waals surface area contributed by atoms with Gasteiger partial charge in [0.05, 0.1) is 10.9 Å². The maximum atomic E-state index is 12.7. The van der Waals surface area contributed by atoms with E-state index in [1.54, 1.807) is 24.3 Å². The number of carbonyl (C=O) groups is 2. The zero-order chi connectivity index (χ0) is 21.0. The second-order valence-corrected chi connectivity index (χ2v) is 9.67. The van der Waals surface area contributed by atoms with Crippen LogP contribution in [-0.4, -0.2) is 53.0 Å². The number of piperidine rings is 1. The normalized spacial score (nSPS) is 20.3. The Morgan fingerprint density at radius 2 is 1.90 bits per heavy atom. The molecule has 2 aromatic rings. The first-order valence-electron chi connectivity index (χ1n) is 10.3. The van der Waals surface area contributed by atoms with Gasteiger partial charge in [-0.1, -0.05) is 48.0 Å². The molecule has 1 atom stereocenters. The fraction of sp³-hybridized carbons (Fsp3) is 0.391. The standard InChI is InChI=1S/C23H26ClN3O2S/c24-19-8-4-7-18(15-19)22(29)27-13-10-23(11-14-27)26-20(16-30-23)21(28)25-12-9-17-5-2-1-3-6-17/h1-8,15,20,26H,9-14,16H2,(H,25,28). The van der Waals surface area contributed by atoms with Gasteiger partial charge in [0.2, 0.25) is 5.91 Å². The number of likely N-dealkylation sites (tertiary alicyclic amines) is 1. The van der Waals surface area contributed by atoms with E-state index in [-0.39, 0.29) is 22.7 Å². The first kappa shape index (κ1) is 21.2. The Hall–Kier alpha value is -2.02. The Morgan fingerprint density at radius 3 is 2.63 bits per heavy atom. The summed E-state index contributed by atoms with van der Waals surface area (Å²) in [4.78, 5) is 27.1. The molecule has 30 heavy (non-hydrogen) atoms. The maximum Gasteiger partial charge on any atom is 0.253 e. The van der Waals surface area contributed by atoms with Gasteiger partial charge in [0.25, 0.3) is 5.91 Å². The van der Waals surface area contributed by atoms with Crippen LogP contribution < -0.4 is 10.6 Å². The summed E-state index contributed by atoms with van der Waals surface area (Å²) >= 11 is 7.83. The number of nitrogens with zero attached hydrogens (tertiary/aromatic N) is 1. The summed E-state index contributed by atoms with van der Waals surface area (Å²) in [6.07, 6.45) is 2.49. The topological polar surface area (TPSA) is 61.4 Å². The van der Waals surface area contributed by atoms with Crippen LogP contribution in [-0.2, 0) is 11.2 Å². The molecule has 158 valence electrons. The van der Waals surface area contributed by atoms with Gasteiger partial charge in [0.1, 0.15) is 0 Å². The maximum absolute atomic E-state index is 12.7. The Bertz CT molecular complexity index is 900. The van der Waals surface area contributed by atoms with Gasteiger partial charge in [-0.25, -0.2) is 0 Å². The lowest BCUT2D eigenvalue weighted by Gasteiger charge is -2.39. The van der Waals surface area contributed by atoms with Gasteiger partial charge in [-0.05, 0) is 43.0 Å². The molecule has 1 spiro atoms. The molecular formula is C23H26ClN3O2S. The molecule has 1 unspecified atom stereocenters. The van der Waals surface area contributed by atoms with Crippen LogP contribution in [0.2, 0.25) is 5.02 Å². The average Bonchev–Trinajstić information content (AvgIpc) is 3.18.